The predicted octanol–water partition coefficient (Wildman–Crippen LogP) is 1.47. The molecule has 2 heteroatoms. The molecule has 0 aliphatic carbocycles. The van der Waals surface area contributed by atoms with E-state index < -0.39 is 0 Å². The van der Waals surface area contributed by atoms with Crippen molar-refractivity contribution in [1.82, 2.24) is 10.2 Å². The summed E-state index contributed by atoms with van der Waals surface area (Å²) in [6.45, 7) is 7.49. The Balaban J connectivity index is 1.69. The van der Waals surface area contributed by atoms with E-state index >= 15 is 0 Å². The summed E-state index contributed by atoms with van der Waals surface area (Å²) in [4.78, 5) is 2.68. The molecular formula is C11H22N2. The van der Waals surface area contributed by atoms with Crippen molar-refractivity contribution < 1.29 is 0 Å². The lowest BCUT2D eigenvalue weighted by molar-refractivity contribution is 0.0964. The van der Waals surface area contributed by atoms with E-state index in [9.17, 15) is 0 Å². The maximum absolute atomic E-state index is 3.35. The van der Waals surface area contributed by atoms with Gasteiger partial charge in [-0.3, -0.25) is 4.90 Å². The highest BCUT2D eigenvalue weighted by molar-refractivity contribution is 4.87. The number of nitrogens with one attached hydrogen (secondary N) is 1. The van der Waals surface area contributed by atoms with Gasteiger partial charge >= 0.3 is 0 Å². The number of nitrogens with zero attached hydrogens (tertiary/aromatic N) is 1. The zero-order valence-electron chi connectivity index (χ0n) is 8.76. The van der Waals surface area contributed by atoms with Crippen molar-refractivity contribution in [3.63, 3.8) is 0 Å². The summed E-state index contributed by atoms with van der Waals surface area (Å²) in [5.41, 5.74) is 0. The highest BCUT2D eigenvalue weighted by atomic mass is 15.2. The molecule has 0 aromatic rings. The average Bonchev–Trinajstić information content (AvgIpc) is 2.06. The van der Waals surface area contributed by atoms with Gasteiger partial charge in [0.1, 0.15) is 0 Å². The summed E-state index contributed by atoms with van der Waals surface area (Å²) in [5, 5.41) is 3.35. The molecule has 0 bridgehead atoms. The molecule has 0 spiro atoms. The van der Waals surface area contributed by atoms with Crippen LogP contribution in [-0.2, 0) is 0 Å². The fourth-order valence-corrected chi connectivity index (χ4v) is 2.55. The van der Waals surface area contributed by atoms with Gasteiger partial charge in [0.25, 0.3) is 0 Å². The topological polar surface area (TPSA) is 15.3 Å². The Labute approximate surface area is 81.7 Å². The van der Waals surface area contributed by atoms with Gasteiger partial charge in [-0.1, -0.05) is 19.8 Å². The third-order valence-corrected chi connectivity index (χ3v) is 3.62. The Morgan fingerprint density at radius 1 is 1.23 bits per heavy atom. The number of likely N-dealkylation sites (tertiary alicyclic amines) is 1. The van der Waals surface area contributed by atoms with Crippen LogP contribution in [0.1, 0.15) is 32.6 Å². The molecule has 0 saturated carbocycles. The Morgan fingerprint density at radius 2 is 1.92 bits per heavy atom. The maximum Gasteiger partial charge on any atom is 0.0345 e. The number of piperidine rings is 1. The Morgan fingerprint density at radius 3 is 2.38 bits per heavy atom. The molecule has 1 N–H and O–H groups in total. The fraction of sp³-hybridized carbons (Fsp3) is 1.00. The van der Waals surface area contributed by atoms with Crippen LogP contribution in [0.5, 0.6) is 0 Å². The molecule has 0 unspecified atom stereocenters. The van der Waals surface area contributed by atoms with Crippen molar-refractivity contribution in [2.24, 2.45) is 5.92 Å². The molecule has 2 rings (SSSR count). The number of hydrogen-bond donors (Lipinski definition) is 1. The van der Waals surface area contributed by atoms with E-state index in [2.05, 4.69) is 17.1 Å². The molecule has 0 amide bonds. The largest absolute Gasteiger partial charge is 0.314 e. The lowest BCUT2D eigenvalue weighted by Gasteiger charge is -2.42. The number of rotatable bonds is 3. The molecule has 2 saturated heterocycles. The summed E-state index contributed by atoms with van der Waals surface area (Å²) in [6, 6.07) is 0.877. The van der Waals surface area contributed by atoms with E-state index in [0.29, 0.717) is 0 Å². The van der Waals surface area contributed by atoms with Crippen molar-refractivity contribution >= 4 is 0 Å². The van der Waals surface area contributed by atoms with Crippen LogP contribution in [0.25, 0.3) is 0 Å². The predicted molar refractivity (Wildman–Crippen MR) is 55.9 cm³/mol. The number of hydrogen-bond acceptors (Lipinski definition) is 2. The first-order chi connectivity index (χ1) is 6.40. The molecule has 13 heavy (non-hydrogen) atoms. The van der Waals surface area contributed by atoms with Crippen LogP contribution < -0.4 is 5.32 Å². The quantitative estimate of drug-likeness (QED) is 0.711. The van der Waals surface area contributed by atoms with Crippen LogP contribution in [0.4, 0.5) is 0 Å². The first-order valence-corrected chi connectivity index (χ1v) is 5.85. The molecule has 2 aliphatic heterocycles. The van der Waals surface area contributed by atoms with Crippen LogP contribution in [0.2, 0.25) is 0 Å². The second-order valence-electron chi connectivity index (χ2n) is 4.58. The average molecular weight is 182 g/mol. The second-order valence-corrected chi connectivity index (χ2v) is 4.58. The third kappa shape index (κ3) is 2.23. The lowest BCUT2D eigenvalue weighted by Crippen LogP contribution is -2.58. The summed E-state index contributed by atoms with van der Waals surface area (Å²) in [7, 11) is 0. The summed E-state index contributed by atoms with van der Waals surface area (Å²) in [6.07, 6.45) is 5.72. The smallest absolute Gasteiger partial charge is 0.0345 e. The van der Waals surface area contributed by atoms with Crippen molar-refractivity contribution in [3.8, 4) is 0 Å². The van der Waals surface area contributed by atoms with Gasteiger partial charge in [-0.2, -0.15) is 0 Å². The van der Waals surface area contributed by atoms with Gasteiger partial charge in [-0.25, -0.2) is 0 Å². The van der Waals surface area contributed by atoms with Gasteiger partial charge in [0.15, 0.2) is 0 Å². The molecule has 0 aromatic carbocycles. The highest BCUT2D eigenvalue weighted by Gasteiger charge is 2.27. The Hall–Kier alpha value is -0.0800. The van der Waals surface area contributed by atoms with Crippen LogP contribution >= 0.6 is 0 Å². The highest BCUT2D eigenvalue weighted by Crippen LogP contribution is 2.23. The monoisotopic (exact) mass is 182 g/mol. The molecule has 2 aliphatic rings. The van der Waals surface area contributed by atoms with E-state index in [1.807, 2.05) is 0 Å². The molecule has 0 atom stereocenters. The van der Waals surface area contributed by atoms with Gasteiger partial charge in [-0.05, 0) is 31.8 Å². The molecule has 0 aromatic heterocycles. The maximum atomic E-state index is 3.35. The lowest BCUT2D eigenvalue weighted by atomic mass is 9.91. The van der Waals surface area contributed by atoms with Crippen molar-refractivity contribution in [2.45, 2.75) is 38.6 Å². The van der Waals surface area contributed by atoms with Crippen molar-refractivity contribution in [3.05, 3.63) is 0 Å². The van der Waals surface area contributed by atoms with Gasteiger partial charge in [0.05, 0.1) is 0 Å². The standard InChI is InChI=1S/C11H22N2/c1-2-3-10-4-6-13(7-5-10)11-8-12-9-11/h10-12H,2-9H2,1H3. The van der Waals surface area contributed by atoms with E-state index in [-0.39, 0.29) is 0 Å². The molecule has 2 nitrogen and oxygen atoms in total. The third-order valence-electron chi connectivity index (χ3n) is 3.62. The van der Waals surface area contributed by atoms with E-state index in [0.717, 1.165) is 12.0 Å². The summed E-state index contributed by atoms with van der Waals surface area (Å²) < 4.78 is 0. The van der Waals surface area contributed by atoms with Crippen LogP contribution in [0, 0.1) is 5.92 Å². The minimum Gasteiger partial charge on any atom is -0.314 e. The normalized spacial score (nSPS) is 27.5. The summed E-state index contributed by atoms with van der Waals surface area (Å²) in [5.74, 6) is 1.04. The Bertz CT molecular complexity index is 146. The molecule has 2 fully saturated rings. The zero-order valence-corrected chi connectivity index (χ0v) is 8.76. The molecule has 0 radical (unpaired) electrons. The van der Waals surface area contributed by atoms with Gasteiger partial charge < -0.3 is 5.32 Å². The molecule has 2 heterocycles. The van der Waals surface area contributed by atoms with Crippen LogP contribution in [-0.4, -0.2) is 37.1 Å². The van der Waals surface area contributed by atoms with Crippen LogP contribution in [0.3, 0.4) is 0 Å². The summed E-state index contributed by atoms with van der Waals surface area (Å²) >= 11 is 0. The minimum atomic E-state index is 0.877. The van der Waals surface area contributed by atoms with Gasteiger partial charge in [-0.15, -0.1) is 0 Å². The van der Waals surface area contributed by atoms with Gasteiger partial charge in [0, 0.05) is 19.1 Å². The van der Waals surface area contributed by atoms with E-state index in [4.69, 9.17) is 0 Å². The molecular weight excluding hydrogens is 160 g/mol. The SMILES string of the molecule is CCCC1CCN(C2CNC2)CC1. The second kappa shape index (κ2) is 4.43. The van der Waals surface area contributed by atoms with E-state index in [1.54, 1.807) is 0 Å². The fourth-order valence-electron chi connectivity index (χ4n) is 2.55. The first-order valence-electron chi connectivity index (χ1n) is 5.85. The Kier molecular flexibility index (Phi) is 3.23. The first kappa shape index (κ1) is 9.47. The van der Waals surface area contributed by atoms with Crippen molar-refractivity contribution in [2.75, 3.05) is 26.2 Å². The minimum absolute atomic E-state index is 0.877. The van der Waals surface area contributed by atoms with E-state index in [1.165, 1.54) is 51.9 Å². The van der Waals surface area contributed by atoms with Crippen LogP contribution in [0.15, 0.2) is 0 Å². The molecule has 76 valence electrons. The zero-order chi connectivity index (χ0) is 9.10. The van der Waals surface area contributed by atoms with Crippen molar-refractivity contribution in [1.29, 1.82) is 0 Å². The van der Waals surface area contributed by atoms with Gasteiger partial charge in [0.2, 0.25) is 0 Å².